The highest BCUT2D eigenvalue weighted by Gasteiger charge is 2.21. The molecule has 0 aliphatic heterocycles. The summed E-state index contributed by atoms with van der Waals surface area (Å²) in [6, 6.07) is 3.40. The van der Waals surface area contributed by atoms with Crippen LogP contribution in [0.25, 0.3) is 0 Å². The zero-order chi connectivity index (χ0) is 15.1. The number of rotatable bonds is 6. The summed E-state index contributed by atoms with van der Waals surface area (Å²) in [5.74, 6) is 0.283. The van der Waals surface area contributed by atoms with Gasteiger partial charge in [0.05, 0.1) is 18.0 Å². The second-order valence-electron chi connectivity index (χ2n) is 3.99. The average molecular weight is 294 g/mol. The molecule has 2 amide bonds. The van der Waals surface area contributed by atoms with E-state index in [1.54, 1.807) is 17.5 Å². The van der Waals surface area contributed by atoms with Crippen molar-refractivity contribution in [1.29, 1.82) is 0 Å². The van der Waals surface area contributed by atoms with Crippen molar-refractivity contribution in [3.8, 4) is 12.3 Å². The van der Waals surface area contributed by atoms with E-state index in [0.29, 0.717) is 4.88 Å². The Morgan fingerprint density at radius 3 is 2.60 bits per heavy atom. The lowest BCUT2D eigenvalue weighted by atomic mass is 10.3. The summed E-state index contributed by atoms with van der Waals surface area (Å²) in [6.45, 7) is -0.804. The highest BCUT2D eigenvalue weighted by molar-refractivity contribution is 7.12. The molecule has 1 aromatic rings. The van der Waals surface area contributed by atoms with E-state index in [1.165, 1.54) is 23.3 Å². The lowest BCUT2D eigenvalue weighted by molar-refractivity contribution is -0.144. The molecule has 0 saturated carbocycles. The first-order chi connectivity index (χ1) is 9.45. The van der Waals surface area contributed by atoms with Crippen molar-refractivity contribution < 1.29 is 19.5 Å². The number of nitrogens with zero attached hydrogens (tertiary/aromatic N) is 2. The molecule has 0 saturated heterocycles. The van der Waals surface area contributed by atoms with Crippen molar-refractivity contribution in [2.45, 2.75) is 0 Å². The van der Waals surface area contributed by atoms with Gasteiger partial charge in [-0.2, -0.15) is 0 Å². The first-order valence-corrected chi connectivity index (χ1v) is 6.55. The maximum absolute atomic E-state index is 12.0. The van der Waals surface area contributed by atoms with E-state index >= 15 is 0 Å². The summed E-state index contributed by atoms with van der Waals surface area (Å²) < 4.78 is 0. The van der Waals surface area contributed by atoms with Gasteiger partial charge in [0.15, 0.2) is 0 Å². The topological polar surface area (TPSA) is 77.9 Å². The van der Waals surface area contributed by atoms with Crippen LogP contribution in [0.3, 0.4) is 0 Å². The van der Waals surface area contributed by atoms with Gasteiger partial charge in [-0.3, -0.25) is 14.4 Å². The van der Waals surface area contributed by atoms with Crippen molar-refractivity contribution in [1.82, 2.24) is 9.80 Å². The third kappa shape index (κ3) is 4.40. The fourth-order valence-electron chi connectivity index (χ4n) is 1.47. The van der Waals surface area contributed by atoms with Gasteiger partial charge < -0.3 is 14.9 Å². The van der Waals surface area contributed by atoms with Crippen molar-refractivity contribution in [2.75, 3.05) is 26.7 Å². The summed E-state index contributed by atoms with van der Waals surface area (Å²) in [4.78, 5) is 37.3. The zero-order valence-corrected chi connectivity index (χ0v) is 11.7. The number of carboxylic acid groups (broad SMARTS) is 1. The number of likely N-dealkylation sites (N-methyl/N-ethyl adjacent to an activating group) is 1. The number of terminal acetylenes is 1. The summed E-state index contributed by atoms with van der Waals surface area (Å²) >= 11 is 1.27. The molecule has 0 radical (unpaired) electrons. The Morgan fingerprint density at radius 2 is 2.10 bits per heavy atom. The van der Waals surface area contributed by atoms with Crippen molar-refractivity contribution in [2.24, 2.45) is 0 Å². The van der Waals surface area contributed by atoms with Crippen LogP contribution in [0, 0.1) is 12.3 Å². The third-order valence-electron chi connectivity index (χ3n) is 2.41. The van der Waals surface area contributed by atoms with E-state index < -0.39 is 18.4 Å². The molecule has 1 heterocycles. The fraction of sp³-hybridized carbons (Fsp3) is 0.308. The molecule has 0 aliphatic rings. The van der Waals surface area contributed by atoms with Crippen LogP contribution >= 0.6 is 11.3 Å². The Labute approximate surface area is 120 Å². The number of hydrogen-bond acceptors (Lipinski definition) is 4. The van der Waals surface area contributed by atoms with Crippen LogP contribution in [-0.2, 0) is 9.59 Å². The molecule has 0 fully saturated rings. The van der Waals surface area contributed by atoms with E-state index in [4.69, 9.17) is 11.5 Å². The first kappa shape index (κ1) is 15.7. The minimum Gasteiger partial charge on any atom is -0.480 e. The Morgan fingerprint density at radius 1 is 1.40 bits per heavy atom. The van der Waals surface area contributed by atoms with E-state index in [9.17, 15) is 14.4 Å². The number of aliphatic carboxylic acids is 1. The van der Waals surface area contributed by atoms with Crippen LogP contribution in [0.15, 0.2) is 17.5 Å². The number of amides is 2. The summed E-state index contributed by atoms with van der Waals surface area (Å²) in [7, 11) is 1.48. The Hall–Kier alpha value is -2.33. The lowest BCUT2D eigenvalue weighted by Gasteiger charge is -2.22. The monoisotopic (exact) mass is 294 g/mol. The molecule has 0 bridgehead atoms. The van der Waals surface area contributed by atoms with Gasteiger partial charge in [-0.15, -0.1) is 17.8 Å². The van der Waals surface area contributed by atoms with Crippen LogP contribution in [0.1, 0.15) is 9.67 Å². The zero-order valence-electron chi connectivity index (χ0n) is 10.9. The molecule has 0 spiro atoms. The molecule has 7 heteroatoms. The van der Waals surface area contributed by atoms with Gasteiger partial charge in [0.1, 0.15) is 6.54 Å². The molecule has 1 aromatic heterocycles. The molecule has 106 valence electrons. The van der Waals surface area contributed by atoms with Crippen molar-refractivity contribution in [3.05, 3.63) is 22.4 Å². The summed E-state index contributed by atoms with van der Waals surface area (Å²) in [5, 5.41) is 10.5. The molecule has 0 atom stereocenters. The molecule has 0 unspecified atom stereocenters. The Bertz CT molecular complexity index is 533. The molecular weight excluding hydrogens is 280 g/mol. The van der Waals surface area contributed by atoms with Crippen LogP contribution < -0.4 is 0 Å². The quantitative estimate of drug-likeness (QED) is 0.769. The standard InChI is InChI=1S/C13H14N2O4S/c1-3-6-15(9-12(17)18)11(16)8-14(2)13(19)10-5-4-7-20-10/h1,4-5,7H,6,8-9H2,2H3,(H,17,18). The maximum Gasteiger partial charge on any atom is 0.323 e. The molecule has 1 rings (SSSR count). The molecule has 6 nitrogen and oxygen atoms in total. The number of carbonyl (C=O) groups excluding carboxylic acids is 2. The molecular formula is C13H14N2O4S. The Kier molecular flexibility index (Phi) is 5.74. The minimum atomic E-state index is -1.15. The van der Waals surface area contributed by atoms with Crippen LogP contribution in [0.2, 0.25) is 0 Å². The highest BCUT2D eigenvalue weighted by Crippen LogP contribution is 2.11. The van der Waals surface area contributed by atoms with E-state index in [0.717, 1.165) is 4.90 Å². The predicted octanol–water partition coefficient (Wildman–Crippen LogP) is 0.367. The summed E-state index contributed by atoms with van der Waals surface area (Å²) in [5.41, 5.74) is 0. The fourth-order valence-corrected chi connectivity index (χ4v) is 2.19. The van der Waals surface area contributed by atoms with Gasteiger partial charge in [0, 0.05) is 7.05 Å². The van der Waals surface area contributed by atoms with Gasteiger partial charge in [-0.1, -0.05) is 12.0 Å². The second kappa shape index (κ2) is 7.31. The van der Waals surface area contributed by atoms with Crippen LogP contribution in [-0.4, -0.2) is 59.4 Å². The summed E-state index contributed by atoms with van der Waals surface area (Å²) in [6.07, 6.45) is 5.10. The molecule has 1 N–H and O–H groups in total. The van der Waals surface area contributed by atoms with E-state index in [-0.39, 0.29) is 19.0 Å². The highest BCUT2D eigenvalue weighted by atomic mass is 32.1. The van der Waals surface area contributed by atoms with Crippen molar-refractivity contribution in [3.63, 3.8) is 0 Å². The number of thiophene rings is 1. The van der Waals surface area contributed by atoms with Crippen LogP contribution in [0.4, 0.5) is 0 Å². The number of carbonyl (C=O) groups is 3. The van der Waals surface area contributed by atoms with E-state index in [1.807, 2.05) is 0 Å². The van der Waals surface area contributed by atoms with Crippen LogP contribution in [0.5, 0.6) is 0 Å². The largest absolute Gasteiger partial charge is 0.480 e. The average Bonchev–Trinajstić information content (AvgIpc) is 2.90. The van der Waals surface area contributed by atoms with Gasteiger partial charge >= 0.3 is 5.97 Å². The molecule has 0 aliphatic carbocycles. The maximum atomic E-state index is 12.0. The lowest BCUT2D eigenvalue weighted by Crippen LogP contribution is -2.43. The first-order valence-electron chi connectivity index (χ1n) is 5.67. The Balaban J connectivity index is 2.65. The van der Waals surface area contributed by atoms with Crippen molar-refractivity contribution >= 4 is 29.1 Å². The normalized spacial score (nSPS) is 9.60. The third-order valence-corrected chi connectivity index (χ3v) is 3.27. The molecule has 0 aromatic carbocycles. The SMILES string of the molecule is C#CCN(CC(=O)O)C(=O)CN(C)C(=O)c1cccs1. The van der Waals surface area contributed by atoms with Gasteiger partial charge in [-0.05, 0) is 11.4 Å². The molecule has 20 heavy (non-hydrogen) atoms. The minimum absolute atomic E-state index is 0.105. The van der Waals surface area contributed by atoms with E-state index in [2.05, 4.69) is 5.92 Å². The second-order valence-corrected chi connectivity index (χ2v) is 4.93. The van der Waals surface area contributed by atoms with Gasteiger partial charge in [0.25, 0.3) is 5.91 Å². The predicted molar refractivity (Wildman–Crippen MR) is 74.3 cm³/mol. The number of carboxylic acids is 1. The smallest absolute Gasteiger partial charge is 0.323 e. The van der Waals surface area contributed by atoms with Gasteiger partial charge in [0.2, 0.25) is 5.91 Å². The van der Waals surface area contributed by atoms with Gasteiger partial charge in [-0.25, -0.2) is 0 Å². The number of hydrogen-bond donors (Lipinski definition) is 1.